The van der Waals surface area contributed by atoms with Gasteiger partial charge in [0.1, 0.15) is 5.82 Å². The maximum Gasteiger partial charge on any atom is 0.252 e. The Kier molecular flexibility index (Phi) is 5.64. The minimum Gasteiger partial charge on any atom is -0.352 e. The van der Waals surface area contributed by atoms with Crippen molar-refractivity contribution in [2.75, 3.05) is 39.8 Å². The van der Waals surface area contributed by atoms with E-state index in [4.69, 9.17) is 0 Å². The van der Waals surface area contributed by atoms with Gasteiger partial charge in [-0.2, -0.15) is 0 Å². The molecule has 0 saturated carbocycles. The van der Waals surface area contributed by atoms with Crippen LogP contribution in [0.15, 0.2) is 18.5 Å². The number of nitrogens with one attached hydrogen (secondary N) is 1. The molecule has 21 heavy (non-hydrogen) atoms. The van der Waals surface area contributed by atoms with E-state index in [2.05, 4.69) is 34.1 Å². The molecule has 6 heteroatoms. The van der Waals surface area contributed by atoms with E-state index in [1.807, 2.05) is 0 Å². The lowest BCUT2D eigenvalue weighted by Crippen LogP contribution is -2.48. The highest BCUT2D eigenvalue weighted by Crippen LogP contribution is 2.07. The molecule has 0 aliphatic carbocycles. The smallest absolute Gasteiger partial charge is 0.252 e. The molecule has 0 unspecified atom stereocenters. The number of aromatic nitrogens is 1. The van der Waals surface area contributed by atoms with E-state index >= 15 is 0 Å². The SMILES string of the molecule is C[C@@H](CCNC(=O)c1cncc(F)c1)N1CCN(C)CC1. The van der Waals surface area contributed by atoms with E-state index in [9.17, 15) is 9.18 Å². The summed E-state index contributed by atoms with van der Waals surface area (Å²) in [6.07, 6.45) is 3.35. The summed E-state index contributed by atoms with van der Waals surface area (Å²) < 4.78 is 13.0. The van der Waals surface area contributed by atoms with E-state index in [0.29, 0.717) is 12.6 Å². The Hall–Kier alpha value is -1.53. The average Bonchev–Trinajstić information content (AvgIpc) is 2.47. The highest BCUT2D eigenvalue weighted by atomic mass is 19.1. The van der Waals surface area contributed by atoms with E-state index in [0.717, 1.165) is 38.8 Å². The van der Waals surface area contributed by atoms with Crippen molar-refractivity contribution < 1.29 is 9.18 Å². The molecule has 1 saturated heterocycles. The van der Waals surface area contributed by atoms with Crippen LogP contribution in [-0.4, -0.2) is 66.5 Å². The summed E-state index contributed by atoms with van der Waals surface area (Å²) in [6, 6.07) is 1.64. The van der Waals surface area contributed by atoms with Crippen LogP contribution in [0.5, 0.6) is 0 Å². The minimum atomic E-state index is -0.492. The summed E-state index contributed by atoms with van der Waals surface area (Å²) >= 11 is 0. The Balaban J connectivity index is 1.72. The second-order valence-electron chi connectivity index (χ2n) is 5.62. The highest BCUT2D eigenvalue weighted by molar-refractivity contribution is 5.93. The number of likely N-dealkylation sites (N-methyl/N-ethyl adjacent to an activating group) is 1. The summed E-state index contributed by atoms with van der Waals surface area (Å²) in [5.74, 6) is -0.763. The van der Waals surface area contributed by atoms with E-state index in [-0.39, 0.29) is 11.5 Å². The van der Waals surface area contributed by atoms with Gasteiger partial charge < -0.3 is 10.2 Å². The lowest BCUT2D eigenvalue weighted by Gasteiger charge is -2.36. The van der Waals surface area contributed by atoms with Gasteiger partial charge in [0.25, 0.3) is 5.91 Å². The maximum absolute atomic E-state index is 13.0. The molecule has 2 rings (SSSR count). The van der Waals surface area contributed by atoms with Crippen molar-refractivity contribution in [3.05, 3.63) is 29.8 Å². The molecule has 0 spiro atoms. The van der Waals surface area contributed by atoms with Crippen LogP contribution in [0.25, 0.3) is 0 Å². The minimum absolute atomic E-state index is 0.266. The number of rotatable bonds is 5. The molecule has 0 bridgehead atoms. The summed E-state index contributed by atoms with van der Waals surface area (Å²) in [6.45, 7) is 7.08. The number of piperazine rings is 1. The zero-order chi connectivity index (χ0) is 15.2. The van der Waals surface area contributed by atoms with Crippen LogP contribution in [0.3, 0.4) is 0 Å². The molecule has 1 aromatic heterocycles. The predicted molar refractivity (Wildman–Crippen MR) is 79.7 cm³/mol. The number of pyridine rings is 1. The summed E-state index contributed by atoms with van der Waals surface area (Å²) in [5.41, 5.74) is 0.266. The Morgan fingerprint density at radius 3 is 2.76 bits per heavy atom. The second kappa shape index (κ2) is 7.47. The number of nitrogens with zero attached hydrogens (tertiary/aromatic N) is 3. The number of carbonyl (C=O) groups is 1. The fourth-order valence-electron chi connectivity index (χ4n) is 2.48. The van der Waals surface area contributed by atoms with Gasteiger partial charge in [-0.05, 0) is 26.5 Å². The molecule has 1 atom stereocenters. The van der Waals surface area contributed by atoms with Gasteiger partial charge in [-0.3, -0.25) is 14.7 Å². The van der Waals surface area contributed by atoms with Gasteiger partial charge in [-0.15, -0.1) is 0 Å². The van der Waals surface area contributed by atoms with Crippen LogP contribution in [0.2, 0.25) is 0 Å². The molecular formula is C15H23FN4O. The number of hydrogen-bond donors (Lipinski definition) is 1. The first-order valence-corrected chi connectivity index (χ1v) is 7.37. The van der Waals surface area contributed by atoms with Crippen LogP contribution in [-0.2, 0) is 0 Å². The summed E-state index contributed by atoms with van der Waals surface area (Å²) in [5, 5.41) is 2.82. The Morgan fingerprint density at radius 1 is 1.38 bits per heavy atom. The molecule has 0 radical (unpaired) electrons. The number of halogens is 1. The van der Waals surface area contributed by atoms with Crippen LogP contribution < -0.4 is 5.32 Å². The van der Waals surface area contributed by atoms with Gasteiger partial charge in [0, 0.05) is 45.0 Å². The van der Waals surface area contributed by atoms with Crippen molar-refractivity contribution in [2.45, 2.75) is 19.4 Å². The molecule has 116 valence electrons. The second-order valence-corrected chi connectivity index (χ2v) is 5.62. The zero-order valence-corrected chi connectivity index (χ0v) is 12.7. The molecule has 1 aromatic rings. The van der Waals surface area contributed by atoms with Gasteiger partial charge in [0.05, 0.1) is 11.8 Å². The first-order valence-electron chi connectivity index (χ1n) is 7.37. The lowest BCUT2D eigenvalue weighted by molar-refractivity contribution is 0.0934. The monoisotopic (exact) mass is 294 g/mol. The standard InChI is InChI=1S/C15H23FN4O/c1-12(20-7-5-19(2)6-8-20)3-4-18-15(21)13-9-14(16)11-17-10-13/h9-12H,3-8H2,1-2H3,(H,18,21)/t12-/m0/s1. The van der Waals surface area contributed by atoms with Gasteiger partial charge in [-0.1, -0.05) is 0 Å². The first-order chi connectivity index (χ1) is 10.1. The normalized spacial score (nSPS) is 18.4. The van der Waals surface area contributed by atoms with E-state index in [1.165, 1.54) is 12.3 Å². The quantitative estimate of drug-likeness (QED) is 0.879. The molecule has 0 aromatic carbocycles. The molecule has 5 nitrogen and oxygen atoms in total. The predicted octanol–water partition coefficient (Wildman–Crippen LogP) is 0.977. The third-order valence-electron chi connectivity index (χ3n) is 3.98. The lowest BCUT2D eigenvalue weighted by atomic mass is 10.1. The Labute approximate surface area is 125 Å². The maximum atomic E-state index is 13.0. The number of amides is 1. The van der Waals surface area contributed by atoms with Crippen LogP contribution in [0.4, 0.5) is 4.39 Å². The van der Waals surface area contributed by atoms with Gasteiger partial charge in [0.2, 0.25) is 0 Å². The van der Waals surface area contributed by atoms with Crippen molar-refractivity contribution in [2.24, 2.45) is 0 Å². The zero-order valence-electron chi connectivity index (χ0n) is 12.7. The van der Waals surface area contributed by atoms with Crippen LogP contribution in [0.1, 0.15) is 23.7 Å². The molecular weight excluding hydrogens is 271 g/mol. The fourth-order valence-corrected chi connectivity index (χ4v) is 2.48. The summed E-state index contributed by atoms with van der Waals surface area (Å²) in [4.78, 5) is 20.3. The van der Waals surface area contributed by atoms with Gasteiger partial charge in [0.15, 0.2) is 0 Å². The molecule has 1 aliphatic rings. The van der Waals surface area contributed by atoms with E-state index < -0.39 is 5.82 Å². The topological polar surface area (TPSA) is 48.5 Å². The number of carbonyl (C=O) groups excluding carboxylic acids is 1. The van der Waals surface area contributed by atoms with E-state index in [1.54, 1.807) is 0 Å². The Bertz CT molecular complexity index is 474. The Morgan fingerprint density at radius 2 is 2.10 bits per heavy atom. The van der Waals surface area contributed by atoms with Crippen molar-refractivity contribution in [1.29, 1.82) is 0 Å². The summed E-state index contributed by atoms with van der Waals surface area (Å²) in [7, 11) is 2.13. The van der Waals surface area contributed by atoms with Crippen molar-refractivity contribution >= 4 is 5.91 Å². The highest BCUT2D eigenvalue weighted by Gasteiger charge is 2.18. The number of hydrogen-bond acceptors (Lipinski definition) is 4. The average molecular weight is 294 g/mol. The van der Waals surface area contributed by atoms with Crippen molar-refractivity contribution in [3.63, 3.8) is 0 Å². The van der Waals surface area contributed by atoms with Crippen LogP contribution >= 0.6 is 0 Å². The first kappa shape index (κ1) is 15.9. The molecule has 1 amide bonds. The van der Waals surface area contributed by atoms with Crippen molar-refractivity contribution in [3.8, 4) is 0 Å². The molecule has 2 heterocycles. The fraction of sp³-hybridized carbons (Fsp3) is 0.600. The molecule has 1 fully saturated rings. The molecule has 1 N–H and O–H groups in total. The third-order valence-corrected chi connectivity index (χ3v) is 3.98. The third kappa shape index (κ3) is 4.75. The molecule has 1 aliphatic heterocycles. The van der Waals surface area contributed by atoms with Gasteiger partial charge in [-0.25, -0.2) is 4.39 Å². The van der Waals surface area contributed by atoms with Crippen LogP contribution in [0, 0.1) is 5.82 Å². The van der Waals surface area contributed by atoms with Gasteiger partial charge >= 0.3 is 0 Å². The largest absolute Gasteiger partial charge is 0.352 e. The van der Waals surface area contributed by atoms with Crippen molar-refractivity contribution in [1.82, 2.24) is 20.1 Å².